The van der Waals surface area contributed by atoms with Crippen LogP contribution in [0.2, 0.25) is 0 Å². The number of nitrogens with zero attached hydrogens (tertiary/aromatic N) is 1. The molecule has 1 aliphatic carbocycles. The molecule has 1 aliphatic heterocycles. The number of ether oxygens (including phenoxy) is 1. The number of benzene rings is 1. The second kappa shape index (κ2) is 6.48. The summed E-state index contributed by atoms with van der Waals surface area (Å²) in [5.74, 6) is 1.44. The van der Waals surface area contributed by atoms with Gasteiger partial charge in [0.15, 0.2) is 0 Å². The highest BCUT2D eigenvalue weighted by Gasteiger charge is 2.34. The molecule has 0 bridgehead atoms. The van der Waals surface area contributed by atoms with Gasteiger partial charge in [-0.1, -0.05) is 0 Å². The smallest absolute Gasteiger partial charge is 0.251 e. The van der Waals surface area contributed by atoms with E-state index in [1.165, 1.54) is 25.8 Å². The molecule has 1 heterocycles. The van der Waals surface area contributed by atoms with Crippen LogP contribution in [0.25, 0.3) is 0 Å². The quantitative estimate of drug-likeness (QED) is 0.873. The molecule has 1 amide bonds. The van der Waals surface area contributed by atoms with Crippen molar-refractivity contribution in [3.05, 3.63) is 29.8 Å². The van der Waals surface area contributed by atoms with E-state index in [4.69, 9.17) is 4.74 Å². The van der Waals surface area contributed by atoms with Crippen LogP contribution in [0, 0.1) is 5.92 Å². The molecule has 0 aromatic heterocycles. The summed E-state index contributed by atoms with van der Waals surface area (Å²) >= 11 is 0. The minimum Gasteiger partial charge on any atom is -0.494 e. The van der Waals surface area contributed by atoms with Crippen molar-refractivity contribution in [2.45, 2.75) is 32.2 Å². The minimum absolute atomic E-state index is 0.0166. The molecule has 1 atom stereocenters. The van der Waals surface area contributed by atoms with E-state index in [0.29, 0.717) is 18.1 Å². The lowest BCUT2D eigenvalue weighted by molar-refractivity contribution is 0.0947. The molecule has 114 valence electrons. The maximum Gasteiger partial charge on any atom is 0.251 e. The fourth-order valence-electron chi connectivity index (χ4n) is 3.01. The summed E-state index contributed by atoms with van der Waals surface area (Å²) in [6.07, 6.45) is 3.94. The monoisotopic (exact) mass is 288 g/mol. The van der Waals surface area contributed by atoms with Crippen molar-refractivity contribution >= 4 is 5.91 Å². The third-order valence-corrected chi connectivity index (χ3v) is 4.36. The van der Waals surface area contributed by atoms with E-state index in [2.05, 4.69) is 10.2 Å². The molecule has 1 aromatic carbocycles. The van der Waals surface area contributed by atoms with Crippen molar-refractivity contribution in [1.82, 2.24) is 10.2 Å². The topological polar surface area (TPSA) is 41.6 Å². The zero-order valence-electron chi connectivity index (χ0n) is 12.7. The van der Waals surface area contributed by atoms with Crippen LogP contribution in [-0.4, -0.2) is 43.1 Å². The maximum atomic E-state index is 12.1. The SMILES string of the molecule is CCOc1ccc(C(=O)NC[C@H]2CCN(C3CC3)C2)cc1. The molecule has 1 saturated carbocycles. The lowest BCUT2D eigenvalue weighted by atomic mass is 10.1. The van der Waals surface area contributed by atoms with Crippen molar-refractivity contribution in [3.8, 4) is 5.75 Å². The first kappa shape index (κ1) is 14.4. The Balaban J connectivity index is 1.45. The summed E-state index contributed by atoms with van der Waals surface area (Å²) in [6.45, 7) is 5.73. The van der Waals surface area contributed by atoms with Gasteiger partial charge < -0.3 is 15.0 Å². The van der Waals surface area contributed by atoms with Crippen LogP contribution in [0.4, 0.5) is 0 Å². The van der Waals surface area contributed by atoms with E-state index in [1.807, 2.05) is 31.2 Å². The average Bonchev–Trinajstić information content (AvgIpc) is 3.25. The Hall–Kier alpha value is -1.55. The van der Waals surface area contributed by atoms with Crippen molar-refractivity contribution in [2.75, 3.05) is 26.2 Å². The zero-order valence-corrected chi connectivity index (χ0v) is 12.7. The van der Waals surface area contributed by atoms with Gasteiger partial charge >= 0.3 is 0 Å². The van der Waals surface area contributed by atoms with E-state index < -0.39 is 0 Å². The van der Waals surface area contributed by atoms with Crippen LogP contribution >= 0.6 is 0 Å². The molecule has 1 N–H and O–H groups in total. The van der Waals surface area contributed by atoms with E-state index in [-0.39, 0.29) is 5.91 Å². The van der Waals surface area contributed by atoms with Gasteiger partial charge in [-0.2, -0.15) is 0 Å². The van der Waals surface area contributed by atoms with Gasteiger partial charge in [0, 0.05) is 24.7 Å². The molecular weight excluding hydrogens is 264 g/mol. The Bertz CT molecular complexity index is 482. The van der Waals surface area contributed by atoms with Gasteiger partial charge in [-0.3, -0.25) is 4.79 Å². The molecule has 0 unspecified atom stereocenters. The highest BCUT2D eigenvalue weighted by atomic mass is 16.5. The fraction of sp³-hybridized carbons (Fsp3) is 0.588. The Morgan fingerprint density at radius 2 is 2.05 bits per heavy atom. The highest BCUT2D eigenvalue weighted by Crippen LogP contribution is 2.31. The first-order valence-corrected chi connectivity index (χ1v) is 8.01. The summed E-state index contributed by atoms with van der Waals surface area (Å²) in [6, 6.07) is 8.19. The first-order chi connectivity index (χ1) is 10.3. The van der Waals surface area contributed by atoms with Gasteiger partial charge in [-0.15, -0.1) is 0 Å². The molecule has 4 nitrogen and oxygen atoms in total. The van der Waals surface area contributed by atoms with Crippen molar-refractivity contribution in [2.24, 2.45) is 5.92 Å². The Kier molecular flexibility index (Phi) is 4.44. The standard InChI is InChI=1S/C17H24N2O2/c1-2-21-16-7-3-14(4-8-16)17(20)18-11-13-9-10-19(12-13)15-5-6-15/h3-4,7-8,13,15H,2,5-6,9-12H2,1H3,(H,18,20)/t13-/m1/s1. The normalized spacial score (nSPS) is 22.2. The predicted molar refractivity (Wildman–Crippen MR) is 82.6 cm³/mol. The van der Waals surface area contributed by atoms with Crippen LogP contribution in [0.1, 0.15) is 36.5 Å². The summed E-state index contributed by atoms with van der Waals surface area (Å²) < 4.78 is 5.38. The molecule has 3 rings (SSSR count). The summed E-state index contributed by atoms with van der Waals surface area (Å²) in [7, 11) is 0. The molecule has 1 aromatic rings. The number of rotatable bonds is 6. The van der Waals surface area contributed by atoms with Crippen LogP contribution < -0.4 is 10.1 Å². The Morgan fingerprint density at radius 3 is 2.71 bits per heavy atom. The second-order valence-corrected chi connectivity index (χ2v) is 6.05. The molecule has 0 radical (unpaired) electrons. The van der Waals surface area contributed by atoms with Gasteiger partial charge in [0.25, 0.3) is 5.91 Å². The molecule has 0 spiro atoms. The number of amides is 1. The summed E-state index contributed by atoms with van der Waals surface area (Å²) in [4.78, 5) is 14.7. The third kappa shape index (κ3) is 3.76. The minimum atomic E-state index is 0.0166. The van der Waals surface area contributed by atoms with Crippen molar-refractivity contribution < 1.29 is 9.53 Å². The molecule has 2 aliphatic rings. The summed E-state index contributed by atoms with van der Waals surface area (Å²) in [5.41, 5.74) is 0.704. The van der Waals surface area contributed by atoms with Crippen molar-refractivity contribution in [3.63, 3.8) is 0 Å². The second-order valence-electron chi connectivity index (χ2n) is 6.05. The Labute approximate surface area is 126 Å². The largest absolute Gasteiger partial charge is 0.494 e. The van der Waals surface area contributed by atoms with E-state index in [9.17, 15) is 4.79 Å². The number of hydrogen-bond donors (Lipinski definition) is 1. The van der Waals surface area contributed by atoms with Crippen LogP contribution in [0.3, 0.4) is 0 Å². The first-order valence-electron chi connectivity index (χ1n) is 8.01. The van der Waals surface area contributed by atoms with Gasteiger partial charge in [0.1, 0.15) is 5.75 Å². The van der Waals surface area contributed by atoms with E-state index in [1.54, 1.807) is 0 Å². The number of carbonyl (C=O) groups is 1. The predicted octanol–water partition coefficient (Wildman–Crippen LogP) is 2.30. The maximum absolute atomic E-state index is 12.1. The lowest BCUT2D eigenvalue weighted by Gasteiger charge is -2.15. The van der Waals surface area contributed by atoms with Gasteiger partial charge in [0.2, 0.25) is 0 Å². The number of nitrogens with one attached hydrogen (secondary N) is 1. The third-order valence-electron chi connectivity index (χ3n) is 4.36. The van der Waals surface area contributed by atoms with Crippen LogP contribution in [0.5, 0.6) is 5.75 Å². The molecule has 4 heteroatoms. The fourth-order valence-corrected chi connectivity index (χ4v) is 3.01. The number of carbonyl (C=O) groups excluding carboxylic acids is 1. The zero-order chi connectivity index (χ0) is 14.7. The van der Waals surface area contributed by atoms with Gasteiger partial charge in [-0.05, 0) is 62.9 Å². The van der Waals surface area contributed by atoms with Crippen LogP contribution in [0.15, 0.2) is 24.3 Å². The average molecular weight is 288 g/mol. The molecular formula is C17H24N2O2. The molecule has 2 fully saturated rings. The van der Waals surface area contributed by atoms with E-state index >= 15 is 0 Å². The Morgan fingerprint density at radius 1 is 1.29 bits per heavy atom. The van der Waals surface area contributed by atoms with Gasteiger partial charge in [0.05, 0.1) is 6.61 Å². The summed E-state index contributed by atoms with van der Waals surface area (Å²) in [5, 5.41) is 3.07. The molecule has 21 heavy (non-hydrogen) atoms. The van der Waals surface area contributed by atoms with Crippen LogP contribution in [-0.2, 0) is 0 Å². The van der Waals surface area contributed by atoms with Crippen molar-refractivity contribution in [1.29, 1.82) is 0 Å². The van der Waals surface area contributed by atoms with E-state index in [0.717, 1.165) is 24.9 Å². The molecule has 1 saturated heterocycles. The highest BCUT2D eigenvalue weighted by molar-refractivity contribution is 5.94. The van der Waals surface area contributed by atoms with Gasteiger partial charge in [-0.25, -0.2) is 0 Å². The lowest BCUT2D eigenvalue weighted by Crippen LogP contribution is -2.31. The number of likely N-dealkylation sites (tertiary alicyclic amines) is 1. The number of hydrogen-bond acceptors (Lipinski definition) is 3.